The summed E-state index contributed by atoms with van der Waals surface area (Å²) in [4.78, 5) is 44.9. The lowest BCUT2D eigenvalue weighted by molar-refractivity contribution is -0.134. The molecule has 0 N–H and O–H groups in total. The van der Waals surface area contributed by atoms with Crippen molar-refractivity contribution in [3.8, 4) is 0 Å². The summed E-state index contributed by atoms with van der Waals surface area (Å²) in [5, 5.41) is 0. The normalized spacial score (nSPS) is 28.4. The highest BCUT2D eigenvalue weighted by atomic mass is 16.2. The van der Waals surface area contributed by atoms with E-state index in [0.717, 1.165) is 33.4 Å². The molecule has 3 aromatic rings. The van der Waals surface area contributed by atoms with Gasteiger partial charge in [-0.1, -0.05) is 86.6 Å². The summed E-state index contributed by atoms with van der Waals surface area (Å²) in [6.45, 7) is 7.93. The van der Waals surface area contributed by atoms with Crippen molar-refractivity contribution in [3.63, 3.8) is 0 Å². The second-order valence-electron chi connectivity index (χ2n) is 10.6. The fraction of sp³-hybridized carbons (Fsp3) is 0.303. The minimum absolute atomic E-state index is 0.0417. The molecule has 2 aliphatic carbocycles. The Labute approximate surface area is 218 Å². The molecular weight excluding hydrogens is 458 g/mol. The number of carbonyl (C=O) groups is 3. The highest BCUT2D eigenvalue weighted by Crippen LogP contribution is 2.75. The average molecular weight is 490 g/mol. The summed E-state index contributed by atoms with van der Waals surface area (Å²) in [6.07, 6.45) is 0.934. The van der Waals surface area contributed by atoms with Crippen molar-refractivity contribution >= 4 is 34.4 Å². The number of benzene rings is 3. The van der Waals surface area contributed by atoms with Crippen molar-refractivity contribution in [2.75, 3.05) is 4.90 Å². The van der Waals surface area contributed by atoms with E-state index in [1.54, 1.807) is 0 Å². The third-order valence-corrected chi connectivity index (χ3v) is 9.38. The number of hydrogen-bond acceptors (Lipinski definition) is 3. The van der Waals surface area contributed by atoms with E-state index in [0.29, 0.717) is 18.5 Å². The third-order valence-electron chi connectivity index (χ3n) is 9.38. The van der Waals surface area contributed by atoms with Crippen molar-refractivity contribution in [1.82, 2.24) is 0 Å². The first-order chi connectivity index (χ1) is 17.9. The van der Waals surface area contributed by atoms with Crippen molar-refractivity contribution in [1.29, 1.82) is 0 Å². The number of allylic oxidation sites excluding steroid dienone is 2. The molecule has 6 rings (SSSR count). The molecule has 0 aromatic heterocycles. The maximum absolute atomic E-state index is 14.7. The molecule has 0 unspecified atom stereocenters. The lowest BCUT2D eigenvalue weighted by Crippen LogP contribution is -2.42. The molecule has 37 heavy (non-hydrogen) atoms. The Balaban J connectivity index is 1.68. The fourth-order valence-electron chi connectivity index (χ4n) is 7.67. The topological polar surface area (TPSA) is 54.5 Å². The summed E-state index contributed by atoms with van der Waals surface area (Å²) in [5.41, 5.74) is 4.25. The number of Topliss-reactive ketones (excluding diaryl/α,β-unsaturated/α-hetero) is 1. The smallest absolute Gasteiger partial charge is 0.239 e. The molecule has 1 saturated heterocycles. The summed E-state index contributed by atoms with van der Waals surface area (Å²) in [7, 11) is 0. The molecule has 2 fully saturated rings. The van der Waals surface area contributed by atoms with Gasteiger partial charge in [0.1, 0.15) is 0 Å². The lowest BCUT2D eigenvalue weighted by Gasteiger charge is -2.38. The summed E-state index contributed by atoms with van der Waals surface area (Å²) < 4.78 is 0. The van der Waals surface area contributed by atoms with Gasteiger partial charge in [0.05, 0.1) is 28.4 Å². The van der Waals surface area contributed by atoms with Gasteiger partial charge >= 0.3 is 0 Å². The largest absolute Gasteiger partial charge is 0.298 e. The van der Waals surface area contributed by atoms with Crippen LogP contribution in [0.4, 0.5) is 5.69 Å². The number of hydrogen-bond donors (Lipinski definition) is 0. The average Bonchev–Trinajstić information content (AvgIpc) is 3.42. The van der Waals surface area contributed by atoms with Crippen molar-refractivity contribution in [2.45, 2.75) is 40.5 Å². The zero-order valence-corrected chi connectivity index (χ0v) is 21.7. The molecule has 1 aliphatic heterocycles. The number of carbonyl (C=O) groups excluding carboxylic acids is 3. The molecule has 3 aromatic carbocycles. The molecule has 4 heteroatoms. The minimum atomic E-state index is -1.05. The zero-order chi connectivity index (χ0) is 26.1. The predicted molar refractivity (Wildman–Crippen MR) is 146 cm³/mol. The number of ketones is 1. The van der Waals surface area contributed by atoms with Crippen LogP contribution in [0.25, 0.3) is 11.1 Å². The third kappa shape index (κ3) is 2.71. The van der Waals surface area contributed by atoms with E-state index in [1.807, 2.05) is 107 Å². The molecule has 186 valence electrons. The number of anilines is 1. The van der Waals surface area contributed by atoms with Gasteiger partial charge in [-0.05, 0) is 66.2 Å². The molecule has 2 amide bonds. The molecule has 4 nitrogen and oxygen atoms in total. The fourth-order valence-corrected chi connectivity index (χ4v) is 7.67. The van der Waals surface area contributed by atoms with E-state index in [1.165, 1.54) is 4.90 Å². The van der Waals surface area contributed by atoms with Crippen LogP contribution in [0, 0.1) is 36.5 Å². The van der Waals surface area contributed by atoms with E-state index < -0.39 is 22.7 Å². The van der Waals surface area contributed by atoms with Gasteiger partial charge in [0.2, 0.25) is 11.8 Å². The van der Waals surface area contributed by atoms with Crippen LogP contribution in [0.1, 0.15) is 48.9 Å². The van der Waals surface area contributed by atoms with Gasteiger partial charge in [0.15, 0.2) is 5.78 Å². The Hall–Kier alpha value is -3.79. The quantitative estimate of drug-likeness (QED) is 0.389. The van der Waals surface area contributed by atoms with E-state index in [4.69, 9.17) is 0 Å². The number of nitrogens with zero attached hydrogens (tertiary/aromatic N) is 1. The molecule has 3 aliphatic rings. The summed E-state index contributed by atoms with van der Waals surface area (Å²) in [5.74, 6) is -1.86. The van der Waals surface area contributed by atoms with Crippen LogP contribution in [0.15, 0.2) is 78.9 Å². The molecular formula is C33H31NO3. The number of imide groups is 1. The van der Waals surface area contributed by atoms with Gasteiger partial charge in [-0.15, -0.1) is 0 Å². The van der Waals surface area contributed by atoms with Gasteiger partial charge in [-0.3, -0.25) is 14.4 Å². The Bertz CT molecular complexity index is 1400. The van der Waals surface area contributed by atoms with E-state index in [-0.39, 0.29) is 17.6 Å². The van der Waals surface area contributed by atoms with Gasteiger partial charge in [0, 0.05) is 0 Å². The number of rotatable bonds is 5. The van der Waals surface area contributed by atoms with Crippen LogP contribution in [0.3, 0.4) is 0 Å². The van der Waals surface area contributed by atoms with Crippen LogP contribution < -0.4 is 4.90 Å². The molecule has 1 saturated carbocycles. The van der Waals surface area contributed by atoms with Crippen LogP contribution in [0.5, 0.6) is 0 Å². The van der Waals surface area contributed by atoms with Crippen LogP contribution >= 0.6 is 0 Å². The van der Waals surface area contributed by atoms with E-state index in [9.17, 15) is 14.4 Å². The highest BCUT2D eigenvalue weighted by molar-refractivity contribution is 6.34. The first-order valence-electron chi connectivity index (χ1n) is 13.2. The molecule has 2 bridgehead atoms. The maximum Gasteiger partial charge on any atom is 0.239 e. The second kappa shape index (κ2) is 8.11. The van der Waals surface area contributed by atoms with Gasteiger partial charge in [-0.25, -0.2) is 4.90 Å². The highest BCUT2D eigenvalue weighted by Gasteiger charge is 2.80. The minimum Gasteiger partial charge on any atom is -0.298 e. The van der Waals surface area contributed by atoms with Gasteiger partial charge in [0.25, 0.3) is 0 Å². The zero-order valence-electron chi connectivity index (χ0n) is 21.7. The summed E-state index contributed by atoms with van der Waals surface area (Å²) in [6, 6.07) is 25.7. The van der Waals surface area contributed by atoms with Crippen molar-refractivity contribution in [3.05, 3.63) is 101 Å². The van der Waals surface area contributed by atoms with Crippen LogP contribution in [0.2, 0.25) is 0 Å². The molecule has 4 atom stereocenters. The first kappa shape index (κ1) is 23.6. The first-order valence-corrected chi connectivity index (χ1v) is 13.2. The maximum atomic E-state index is 14.7. The van der Waals surface area contributed by atoms with E-state index in [2.05, 4.69) is 0 Å². The predicted octanol–water partition coefficient (Wildman–Crippen LogP) is 6.41. The SMILES string of the molecule is CC[C@]12C(=O)[C@](CC)(C(c3ccccc3)=C1c1ccccc1)[C@H]1C(=O)N(c3cccc(C)c3C)C(=O)[C@H]12. The lowest BCUT2D eigenvalue weighted by atomic mass is 9.60. The van der Waals surface area contributed by atoms with Gasteiger partial charge < -0.3 is 0 Å². The van der Waals surface area contributed by atoms with E-state index >= 15 is 0 Å². The number of fused-ring (bicyclic) bond motifs is 5. The monoisotopic (exact) mass is 489 g/mol. The van der Waals surface area contributed by atoms with Crippen molar-refractivity contribution in [2.24, 2.45) is 22.7 Å². The standard InChI is InChI=1S/C33H31NO3/c1-5-32-25(22-15-9-7-10-16-22)26(23-17-11-8-12-18-23)33(6-2,31(32)37)28-27(32)29(35)34(30(28)36)24-19-13-14-20(3)21(24)4/h7-19,27-28H,5-6H2,1-4H3/t27-,28+,32-,33+. The molecule has 1 heterocycles. The second-order valence-corrected chi connectivity index (χ2v) is 10.6. The number of aryl methyl sites for hydroxylation is 1. The summed E-state index contributed by atoms with van der Waals surface area (Å²) >= 11 is 0. The Kier molecular flexibility index (Phi) is 5.17. The van der Waals surface area contributed by atoms with Crippen LogP contribution in [-0.2, 0) is 14.4 Å². The molecule has 0 spiro atoms. The molecule has 0 radical (unpaired) electrons. The Morgan fingerprint density at radius 1 is 0.649 bits per heavy atom. The number of amides is 2. The Morgan fingerprint density at radius 2 is 1.11 bits per heavy atom. The van der Waals surface area contributed by atoms with Gasteiger partial charge in [-0.2, -0.15) is 0 Å². The van der Waals surface area contributed by atoms with Crippen molar-refractivity contribution < 1.29 is 14.4 Å². The van der Waals surface area contributed by atoms with Crippen LogP contribution in [-0.4, -0.2) is 17.6 Å². The Morgan fingerprint density at radius 3 is 1.54 bits per heavy atom.